The minimum absolute atomic E-state index is 0.325. The number of benzene rings is 3. The van der Waals surface area contributed by atoms with Gasteiger partial charge in [-0.1, -0.05) is 54.6 Å². The van der Waals surface area contributed by atoms with Crippen LogP contribution in [0.3, 0.4) is 0 Å². The molecule has 0 aliphatic heterocycles. The smallest absolute Gasteiger partial charge is 0.131 e. The van der Waals surface area contributed by atoms with Gasteiger partial charge < -0.3 is 5.11 Å². The summed E-state index contributed by atoms with van der Waals surface area (Å²) in [4.78, 5) is 0. The van der Waals surface area contributed by atoms with E-state index in [9.17, 15) is 5.11 Å². The van der Waals surface area contributed by atoms with Gasteiger partial charge in [-0.25, -0.2) is 0 Å². The number of fused-ring (bicyclic) bond motifs is 1. The standard InChI is InChI=1S/C16H11O/c17-16-14-9-5-4-8-13(14)10-11-15(16)12-6-2-1-3-7-12/h1-6,8-11,17H. The Morgan fingerprint density at radius 1 is 0.824 bits per heavy atom. The Kier molecular flexibility index (Phi) is 2.30. The zero-order valence-electron chi connectivity index (χ0n) is 9.22. The maximum atomic E-state index is 10.3. The molecule has 0 saturated heterocycles. The van der Waals surface area contributed by atoms with E-state index in [4.69, 9.17) is 0 Å². The zero-order chi connectivity index (χ0) is 11.7. The number of aromatic hydroxyl groups is 1. The van der Waals surface area contributed by atoms with Gasteiger partial charge in [0.1, 0.15) is 5.75 Å². The van der Waals surface area contributed by atoms with E-state index in [-0.39, 0.29) is 0 Å². The molecule has 0 aliphatic rings. The number of phenolic OH excluding ortho intramolecular Hbond substituents is 1. The molecule has 1 nitrogen and oxygen atoms in total. The van der Waals surface area contributed by atoms with Crippen molar-refractivity contribution in [2.75, 3.05) is 0 Å². The second-order valence-corrected chi connectivity index (χ2v) is 3.96. The highest BCUT2D eigenvalue weighted by molar-refractivity contribution is 5.94. The highest BCUT2D eigenvalue weighted by Gasteiger charge is 2.07. The first kappa shape index (κ1) is 9.91. The first-order chi connectivity index (χ1) is 8.36. The Balaban J connectivity index is 2.29. The van der Waals surface area contributed by atoms with Crippen molar-refractivity contribution >= 4 is 10.8 Å². The summed E-state index contributed by atoms with van der Waals surface area (Å²) in [6.07, 6.45) is 0. The SMILES string of the molecule is Oc1c(-c2[c]cccc2)ccc2ccccc12. The number of rotatable bonds is 1. The molecule has 0 amide bonds. The van der Waals surface area contributed by atoms with Crippen molar-refractivity contribution in [2.24, 2.45) is 0 Å². The van der Waals surface area contributed by atoms with Gasteiger partial charge in [0.25, 0.3) is 0 Å². The lowest BCUT2D eigenvalue weighted by Crippen LogP contribution is -1.81. The summed E-state index contributed by atoms with van der Waals surface area (Å²) >= 11 is 0. The highest BCUT2D eigenvalue weighted by Crippen LogP contribution is 2.35. The van der Waals surface area contributed by atoms with Gasteiger partial charge in [-0.05, 0) is 23.1 Å². The van der Waals surface area contributed by atoms with Gasteiger partial charge in [-0.15, -0.1) is 0 Å². The number of hydrogen-bond donors (Lipinski definition) is 1. The fraction of sp³-hybridized carbons (Fsp3) is 0. The van der Waals surface area contributed by atoms with Crippen LogP contribution >= 0.6 is 0 Å². The number of hydrogen-bond acceptors (Lipinski definition) is 1. The lowest BCUT2D eigenvalue weighted by Gasteiger charge is -2.07. The molecule has 0 unspecified atom stereocenters. The van der Waals surface area contributed by atoms with Gasteiger partial charge in [0.2, 0.25) is 0 Å². The Bertz CT molecular complexity index is 657. The highest BCUT2D eigenvalue weighted by atomic mass is 16.3. The molecule has 3 aromatic rings. The van der Waals surface area contributed by atoms with Crippen LogP contribution in [0.4, 0.5) is 0 Å². The fourth-order valence-corrected chi connectivity index (χ4v) is 2.03. The first-order valence-electron chi connectivity index (χ1n) is 5.54. The quantitative estimate of drug-likeness (QED) is 0.655. The average Bonchev–Trinajstić information content (AvgIpc) is 2.40. The lowest BCUT2D eigenvalue weighted by molar-refractivity contribution is 0.483. The molecule has 1 N–H and O–H groups in total. The van der Waals surface area contributed by atoms with Crippen LogP contribution in [0.2, 0.25) is 0 Å². The normalized spacial score (nSPS) is 10.6. The molecule has 0 spiro atoms. The Hall–Kier alpha value is -2.28. The second-order valence-electron chi connectivity index (χ2n) is 3.96. The lowest BCUT2D eigenvalue weighted by atomic mass is 10.00. The van der Waals surface area contributed by atoms with Crippen LogP contribution in [0, 0.1) is 6.07 Å². The van der Waals surface area contributed by atoms with Gasteiger partial charge in [0.15, 0.2) is 0 Å². The summed E-state index contributed by atoms with van der Waals surface area (Å²) in [5.74, 6) is 0.325. The van der Waals surface area contributed by atoms with Gasteiger partial charge in [-0.2, -0.15) is 0 Å². The summed E-state index contributed by atoms with van der Waals surface area (Å²) in [6.45, 7) is 0. The summed E-state index contributed by atoms with van der Waals surface area (Å²) in [7, 11) is 0. The van der Waals surface area contributed by atoms with Crippen molar-refractivity contribution in [2.45, 2.75) is 0 Å². The van der Waals surface area contributed by atoms with Crippen molar-refractivity contribution in [1.82, 2.24) is 0 Å². The number of phenols is 1. The second kappa shape index (κ2) is 3.95. The van der Waals surface area contributed by atoms with E-state index in [0.717, 1.165) is 21.9 Å². The third kappa shape index (κ3) is 1.66. The van der Waals surface area contributed by atoms with Gasteiger partial charge in [0.05, 0.1) is 0 Å². The summed E-state index contributed by atoms with van der Waals surface area (Å²) in [5.41, 5.74) is 1.74. The molecule has 81 valence electrons. The third-order valence-electron chi connectivity index (χ3n) is 2.90. The average molecular weight is 219 g/mol. The van der Waals surface area contributed by atoms with E-state index < -0.39 is 0 Å². The van der Waals surface area contributed by atoms with E-state index >= 15 is 0 Å². The van der Waals surface area contributed by atoms with E-state index in [1.54, 1.807) is 0 Å². The van der Waals surface area contributed by atoms with E-state index in [2.05, 4.69) is 6.07 Å². The Morgan fingerprint density at radius 3 is 2.47 bits per heavy atom. The maximum Gasteiger partial charge on any atom is 0.131 e. The van der Waals surface area contributed by atoms with Crippen LogP contribution in [0.1, 0.15) is 0 Å². The van der Waals surface area contributed by atoms with Crippen LogP contribution in [-0.2, 0) is 0 Å². The molecule has 3 aromatic carbocycles. The molecular formula is C16H11O. The van der Waals surface area contributed by atoms with Crippen LogP contribution in [0.15, 0.2) is 60.7 Å². The van der Waals surface area contributed by atoms with Crippen molar-refractivity contribution < 1.29 is 5.11 Å². The monoisotopic (exact) mass is 219 g/mol. The third-order valence-corrected chi connectivity index (χ3v) is 2.90. The molecule has 0 bridgehead atoms. The topological polar surface area (TPSA) is 20.2 Å². The molecule has 17 heavy (non-hydrogen) atoms. The predicted octanol–water partition coefficient (Wildman–Crippen LogP) is 4.01. The maximum absolute atomic E-state index is 10.3. The van der Waals surface area contributed by atoms with Gasteiger partial charge in [-0.3, -0.25) is 0 Å². The summed E-state index contributed by atoms with van der Waals surface area (Å²) in [5, 5.41) is 12.2. The summed E-state index contributed by atoms with van der Waals surface area (Å²) in [6, 6.07) is 22.6. The van der Waals surface area contributed by atoms with Gasteiger partial charge in [0, 0.05) is 10.9 Å². The fourth-order valence-electron chi connectivity index (χ4n) is 2.03. The van der Waals surface area contributed by atoms with Crippen LogP contribution in [0.25, 0.3) is 21.9 Å². The molecular weight excluding hydrogens is 208 g/mol. The van der Waals surface area contributed by atoms with Crippen molar-refractivity contribution in [3.63, 3.8) is 0 Å². The Labute approximate surface area is 100.0 Å². The van der Waals surface area contributed by atoms with Crippen molar-refractivity contribution in [3.05, 3.63) is 66.7 Å². The van der Waals surface area contributed by atoms with Gasteiger partial charge >= 0.3 is 0 Å². The van der Waals surface area contributed by atoms with Crippen molar-refractivity contribution in [3.8, 4) is 16.9 Å². The zero-order valence-corrected chi connectivity index (χ0v) is 9.22. The van der Waals surface area contributed by atoms with E-state index in [1.165, 1.54) is 0 Å². The molecule has 1 heteroatoms. The minimum atomic E-state index is 0.325. The molecule has 0 saturated carbocycles. The largest absolute Gasteiger partial charge is 0.507 e. The Morgan fingerprint density at radius 2 is 1.65 bits per heavy atom. The van der Waals surface area contributed by atoms with Crippen LogP contribution < -0.4 is 0 Å². The molecule has 0 atom stereocenters. The van der Waals surface area contributed by atoms with E-state index in [1.807, 2.05) is 60.7 Å². The summed E-state index contributed by atoms with van der Waals surface area (Å²) < 4.78 is 0. The molecule has 0 heterocycles. The van der Waals surface area contributed by atoms with Crippen molar-refractivity contribution in [1.29, 1.82) is 0 Å². The molecule has 1 radical (unpaired) electrons. The van der Waals surface area contributed by atoms with Crippen LogP contribution in [0.5, 0.6) is 5.75 Å². The molecule has 0 aromatic heterocycles. The van der Waals surface area contributed by atoms with Crippen LogP contribution in [-0.4, -0.2) is 5.11 Å². The first-order valence-corrected chi connectivity index (χ1v) is 5.54. The van der Waals surface area contributed by atoms with E-state index in [0.29, 0.717) is 5.75 Å². The predicted molar refractivity (Wildman–Crippen MR) is 69.9 cm³/mol. The molecule has 3 rings (SSSR count). The molecule has 0 fully saturated rings. The molecule has 0 aliphatic carbocycles. The minimum Gasteiger partial charge on any atom is -0.507 e.